The van der Waals surface area contributed by atoms with E-state index >= 15 is 0 Å². The normalized spacial score (nSPS) is 20.4. The molecule has 0 bridgehead atoms. The summed E-state index contributed by atoms with van der Waals surface area (Å²) in [6, 6.07) is 1.27. The first kappa shape index (κ1) is 12.3. The number of hydrogen-bond donors (Lipinski definition) is 0. The smallest absolute Gasteiger partial charge is 0.255 e. The van der Waals surface area contributed by atoms with Gasteiger partial charge in [-0.05, 0) is 25.3 Å². The van der Waals surface area contributed by atoms with Crippen molar-refractivity contribution in [1.82, 2.24) is 9.88 Å². The zero-order valence-corrected chi connectivity index (χ0v) is 10.2. The van der Waals surface area contributed by atoms with Crippen molar-refractivity contribution in [2.45, 2.75) is 25.3 Å². The van der Waals surface area contributed by atoms with Crippen LogP contribution in [0.3, 0.4) is 0 Å². The molecule has 1 atom stereocenters. The Hall–Kier alpha value is -1.16. The van der Waals surface area contributed by atoms with Crippen LogP contribution in [0, 0.1) is 5.82 Å². The summed E-state index contributed by atoms with van der Waals surface area (Å²) in [4.78, 5) is 17.6. The molecule has 0 aliphatic carbocycles. The first-order valence-corrected chi connectivity index (χ1v) is 6.23. The Morgan fingerprint density at radius 1 is 1.53 bits per heavy atom. The van der Waals surface area contributed by atoms with Gasteiger partial charge in [-0.3, -0.25) is 9.78 Å². The van der Waals surface area contributed by atoms with Crippen LogP contribution < -0.4 is 0 Å². The van der Waals surface area contributed by atoms with Crippen molar-refractivity contribution in [2.24, 2.45) is 0 Å². The lowest BCUT2D eigenvalue weighted by molar-refractivity contribution is 0.0638. The van der Waals surface area contributed by atoms with Gasteiger partial charge in [0.15, 0.2) is 0 Å². The number of halogens is 2. The molecule has 0 saturated carbocycles. The van der Waals surface area contributed by atoms with Crippen molar-refractivity contribution in [3.8, 4) is 0 Å². The van der Waals surface area contributed by atoms with Crippen LogP contribution in [0.25, 0.3) is 0 Å². The molecule has 5 heteroatoms. The van der Waals surface area contributed by atoms with Crippen LogP contribution in [0.15, 0.2) is 18.5 Å². The minimum absolute atomic E-state index is 0.0567. The van der Waals surface area contributed by atoms with Gasteiger partial charge in [-0.15, -0.1) is 11.6 Å². The van der Waals surface area contributed by atoms with Crippen LogP contribution in [0.5, 0.6) is 0 Å². The maximum Gasteiger partial charge on any atom is 0.255 e. The maximum absolute atomic E-state index is 13.0. The molecule has 92 valence electrons. The monoisotopic (exact) mass is 256 g/mol. The Labute approximate surface area is 105 Å². The van der Waals surface area contributed by atoms with Crippen LogP contribution in [0.1, 0.15) is 29.6 Å². The lowest BCUT2D eigenvalue weighted by Gasteiger charge is -2.34. The van der Waals surface area contributed by atoms with E-state index in [9.17, 15) is 9.18 Å². The molecule has 2 rings (SSSR count). The number of hydrogen-bond acceptors (Lipinski definition) is 2. The minimum atomic E-state index is -0.490. The summed E-state index contributed by atoms with van der Waals surface area (Å²) in [6.45, 7) is 0.687. The molecular weight excluding hydrogens is 243 g/mol. The van der Waals surface area contributed by atoms with Gasteiger partial charge < -0.3 is 4.90 Å². The molecule has 2 heterocycles. The Morgan fingerprint density at radius 2 is 2.35 bits per heavy atom. The number of carbonyl (C=O) groups excluding carboxylic acids is 1. The predicted octanol–water partition coefficient (Wildman–Crippen LogP) is 2.45. The molecule has 0 aromatic carbocycles. The summed E-state index contributed by atoms with van der Waals surface area (Å²) in [5.41, 5.74) is 0.294. The highest BCUT2D eigenvalue weighted by Crippen LogP contribution is 2.20. The largest absolute Gasteiger partial charge is 0.334 e. The van der Waals surface area contributed by atoms with E-state index in [1.54, 1.807) is 4.90 Å². The van der Waals surface area contributed by atoms with Crippen LogP contribution in [-0.4, -0.2) is 34.3 Å². The van der Waals surface area contributed by atoms with Crippen molar-refractivity contribution in [3.05, 3.63) is 29.8 Å². The van der Waals surface area contributed by atoms with Crippen LogP contribution in [0.2, 0.25) is 0 Å². The third-order valence-electron chi connectivity index (χ3n) is 3.02. The van der Waals surface area contributed by atoms with E-state index in [-0.39, 0.29) is 11.9 Å². The van der Waals surface area contributed by atoms with E-state index in [0.717, 1.165) is 25.5 Å². The fourth-order valence-corrected chi connectivity index (χ4v) is 2.44. The van der Waals surface area contributed by atoms with Gasteiger partial charge in [0.2, 0.25) is 0 Å². The minimum Gasteiger partial charge on any atom is -0.334 e. The Bertz CT molecular complexity index is 413. The van der Waals surface area contributed by atoms with Gasteiger partial charge >= 0.3 is 0 Å². The molecule has 1 aliphatic rings. The van der Waals surface area contributed by atoms with E-state index in [4.69, 9.17) is 11.6 Å². The molecule has 1 aromatic heterocycles. The van der Waals surface area contributed by atoms with Gasteiger partial charge in [-0.25, -0.2) is 4.39 Å². The average molecular weight is 257 g/mol. The first-order chi connectivity index (χ1) is 8.22. The number of likely N-dealkylation sites (tertiary alicyclic amines) is 1. The van der Waals surface area contributed by atoms with Crippen LogP contribution in [-0.2, 0) is 0 Å². The molecule has 1 unspecified atom stereocenters. The fraction of sp³-hybridized carbons (Fsp3) is 0.500. The Balaban J connectivity index is 2.18. The van der Waals surface area contributed by atoms with Gasteiger partial charge in [-0.1, -0.05) is 0 Å². The molecule has 0 spiro atoms. The molecule has 1 aromatic rings. The summed E-state index contributed by atoms with van der Waals surface area (Å²) in [5, 5.41) is 0. The van der Waals surface area contributed by atoms with E-state index in [1.807, 2.05) is 0 Å². The second kappa shape index (κ2) is 5.45. The predicted molar refractivity (Wildman–Crippen MR) is 63.6 cm³/mol. The Morgan fingerprint density at radius 3 is 3.06 bits per heavy atom. The molecule has 0 radical (unpaired) electrons. The van der Waals surface area contributed by atoms with E-state index < -0.39 is 5.82 Å². The van der Waals surface area contributed by atoms with Crippen LogP contribution >= 0.6 is 11.6 Å². The standard InChI is InChI=1S/C12H14ClFN2O/c13-6-11-3-1-2-4-16(11)12(17)9-5-10(14)8-15-7-9/h5,7-8,11H,1-4,6H2. The van der Waals surface area contributed by atoms with Crippen molar-refractivity contribution in [3.63, 3.8) is 0 Å². The van der Waals surface area contributed by atoms with Crippen molar-refractivity contribution in [2.75, 3.05) is 12.4 Å². The van der Waals surface area contributed by atoms with Gasteiger partial charge in [0.05, 0.1) is 11.8 Å². The molecule has 0 N–H and O–H groups in total. The zero-order chi connectivity index (χ0) is 12.3. The molecular formula is C12H14ClFN2O. The average Bonchev–Trinajstić information content (AvgIpc) is 2.38. The topological polar surface area (TPSA) is 33.2 Å². The lowest BCUT2D eigenvalue weighted by Crippen LogP contribution is -2.44. The van der Waals surface area contributed by atoms with Crippen molar-refractivity contribution in [1.29, 1.82) is 0 Å². The Kier molecular flexibility index (Phi) is 3.94. The highest BCUT2D eigenvalue weighted by atomic mass is 35.5. The maximum atomic E-state index is 13.0. The molecule has 1 fully saturated rings. The number of aromatic nitrogens is 1. The van der Waals surface area contributed by atoms with E-state index in [1.165, 1.54) is 12.3 Å². The van der Waals surface area contributed by atoms with Crippen molar-refractivity contribution < 1.29 is 9.18 Å². The number of amides is 1. The van der Waals surface area contributed by atoms with E-state index in [2.05, 4.69) is 4.98 Å². The number of alkyl halides is 1. The van der Waals surface area contributed by atoms with Gasteiger partial charge in [0.25, 0.3) is 5.91 Å². The van der Waals surface area contributed by atoms with Crippen LogP contribution in [0.4, 0.5) is 4.39 Å². The second-order valence-electron chi connectivity index (χ2n) is 4.19. The quantitative estimate of drug-likeness (QED) is 0.762. The highest BCUT2D eigenvalue weighted by Gasteiger charge is 2.26. The SMILES string of the molecule is O=C(c1cncc(F)c1)N1CCCCC1CCl. The number of rotatable bonds is 2. The third-order valence-corrected chi connectivity index (χ3v) is 3.37. The lowest BCUT2D eigenvalue weighted by atomic mass is 10.0. The molecule has 1 amide bonds. The molecule has 17 heavy (non-hydrogen) atoms. The number of nitrogens with zero attached hydrogens (tertiary/aromatic N) is 2. The van der Waals surface area contributed by atoms with E-state index in [0.29, 0.717) is 18.0 Å². The third kappa shape index (κ3) is 2.75. The number of carbonyl (C=O) groups is 1. The summed E-state index contributed by atoms with van der Waals surface area (Å²) < 4.78 is 13.0. The molecule has 1 saturated heterocycles. The van der Waals surface area contributed by atoms with Gasteiger partial charge in [-0.2, -0.15) is 0 Å². The summed E-state index contributed by atoms with van der Waals surface area (Å²) in [7, 11) is 0. The van der Waals surface area contributed by atoms with Gasteiger partial charge in [0, 0.05) is 24.7 Å². The summed E-state index contributed by atoms with van der Waals surface area (Å²) >= 11 is 5.85. The summed E-state index contributed by atoms with van der Waals surface area (Å²) in [5.74, 6) is -0.244. The number of piperidine rings is 1. The zero-order valence-electron chi connectivity index (χ0n) is 9.40. The highest BCUT2D eigenvalue weighted by molar-refractivity contribution is 6.18. The first-order valence-electron chi connectivity index (χ1n) is 5.70. The molecule has 3 nitrogen and oxygen atoms in total. The molecule has 1 aliphatic heterocycles. The fourth-order valence-electron chi connectivity index (χ4n) is 2.12. The number of pyridine rings is 1. The van der Waals surface area contributed by atoms with Gasteiger partial charge in [0.1, 0.15) is 5.82 Å². The second-order valence-corrected chi connectivity index (χ2v) is 4.50. The van der Waals surface area contributed by atoms with Crippen molar-refractivity contribution >= 4 is 17.5 Å². The summed E-state index contributed by atoms with van der Waals surface area (Å²) in [6.07, 6.45) is 5.46.